The summed E-state index contributed by atoms with van der Waals surface area (Å²) in [5, 5.41) is 16.6. The maximum Gasteiger partial charge on any atom is 0.266 e. The highest BCUT2D eigenvalue weighted by Gasteiger charge is 2.29. The number of methoxy groups -OCH3 is 2. The second kappa shape index (κ2) is 15.1. The van der Waals surface area contributed by atoms with Crippen molar-refractivity contribution in [1.82, 2.24) is 24.3 Å². The van der Waals surface area contributed by atoms with Gasteiger partial charge in [-0.3, -0.25) is 19.1 Å². The van der Waals surface area contributed by atoms with Crippen molar-refractivity contribution in [1.29, 1.82) is 5.26 Å². The molecule has 0 bridgehead atoms. The summed E-state index contributed by atoms with van der Waals surface area (Å²) in [6, 6.07) is 14.5. The molecule has 49 heavy (non-hydrogen) atoms. The average Bonchev–Trinajstić information content (AvgIpc) is 3.10. The number of aromatic nitrogens is 3. The van der Waals surface area contributed by atoms with E-state index in [1.807, 2.05) is 32.0 Å². The molecular weight excluding hydrogens is 644 g/mol. The lowest BCUT2D eigenvalue weighted by molar-refractivity contribution is -0.112. The summed E-state index contributed by atoms with van der Waals surface area (Å²) in [5.74, 6) is 0.759. The number of likely N-dealkylation sites (N-methyl/N-ethyl adjacent to an activating group) is 1. The first-order valence-corrected chi connectivity index (χ1v) is 16.3. The minimum atomic E-state index is -0.473. The van der Waals surface area contributed by atoms with E-state index in [9.17, 15) is 14.9 Å². The lowest BCUT2D eigenvalue weighted by Gasteiger charge is -2.41. The molecule has 13 heteroatoms. The number of carbonyl (C=O) groups excluding carboxylic acids is 1. The first-order chi connectivity index (χ1) is 23.5. The van der Waals surface area contributed by atoms with Gasteiger partial charge in [0.1, 0.15) is 28.8 Å². The number of fused-ring (bicyclic) bond motifs is 1. The minimum absolute atomic E-state index is 0.0528. The quantitative estimate of drug-likeness (QED) is 0.167. The third-order valence-corrected chi connectivity index (χ3v) is 9.19. The van der Waals surface area contributed by atoms with E-state index in [0.717, 1.165) is 31.7 Å². The highest BCUT2D eigenvalue weighted by atomic mass is 35.5. The maximum absolute atomic E-state index is 14.2. The van der Waals surface area contributed by atoms with E-state index in [1.165, 1.54) is 14.2 Å². The van der Waals surface area contributed by atoms with Crippen molar-refractivity contribution in [2.45, 2.75) is 32.4 Å². The van der Waals surface area contributed by atoms with Crippen LogP contribution < -0.4 is 25.7 Å². The highest BCUT2D eigenvalue weighted by Crippen LogP contribution is 2.38. The van der Waals surface area contributed by atoms with Crippen LogP contribution in [-0.2, 0) is 17.8 Å². The molecule has 0 unspecified atom stereocenters. The second-order valence-electron chi connectivity index (χ2n) is 12.4. The molecule has 1 saturated heterocycles. The first-order valence-electron chi connectivity index (χ1n) is 15.9. The first kappa shape index (κ1) is 35.3. The number of hydrogen-bond acceptors (Lipinski definition) is 10. The van der Waals surface area contributed by atoms with Gasteiger partial charge in [-0.2, -0.15) is 10.2 Å². The average molecular weight is 685 g/mol. The molecule has 256 valence electrons. The van der Waals surface area contributed by atoms with Crippen LogP contribution in [0.3, 0.4) is 0 Å². The SMILES string of the molecule is CNc1ncc2cc(-c3cc(OC)cc(OC)c3Cl)c(=O)n(CCc3cccc(NC(=O)C(C#N)=CC(C)(C)N4CCN(C)CC4)c3)c2n1. The molecule has 4 aromatic rings. The molecule has 2 aromatic heterocycles. The summed E-state index contributed by atoms with van der Waals surface area (Å²) < 4.78 is 12.5. The fourth-order valence-corrected chi connectivity index (χ4v) is 6.22. The number of anilines is 2. The van der Waals surface area contributed by atoms with Crippen LogP contribution in [0.1, 0.15) is 19.4 Å². The van der Waals surface area contributed by atoms with Gasteiger partial charge in [0.05, 0.1) is 19.2 Å². The van der Waals surface area contributed by atoms with Gasteiger partial charge < -0.3 is 25.0 Å². The molecule has 0 spiro atoms. The summed E-state index contributed by atoms with van der Waals surface area (Å²) in [4.78, 5) is 40.9. The van der Waals surface area contributed by atoms with E-state index >= 15 is 0 Å². The molecule has 1 amide bonds. The molecule has 2 N–H and O–H groups in total. The van der Waals surface area contributed by atoms with Gasteiger partial charge in [0, 0.05) is 79.8 Å². The molecule has 0 atom stereocenters. The molecule has 1 fully saturated rings. The van der Waals surface area contributed by atoms with Crippen LogP contribution in [0.5, 0.6) is 11.5 Å². The Balaban J connectivity index is 1.43. The molecular formula is C36H41ClN8O4. The summed E-state index contributed by atoms with van der Waals surface area (Å²) in [6.07, 6.45) is 3.83. The highest BCUT2D eigenvalue weighted by molar-refractivity contribution is 6.35. The smallest absolute Gasteiger partial charge is 0.266 e. The van der Waals surface area contributed by atoms with E-state index < -0.39 is 11.4 Å². The summed E-state index contributed by atoms with van der Waals surface area (Å²) >= 11 is 6.71. The van der Waals surface area contributed by atoms with Gasteiger partial charge >= 0.3 is 0 Å². The van der Waals surface area contributed by atoms with Gasteiger partial charge in [0.15, 0.2) is 0 Å². The Kier molecular flexibility index (Phi) is 10.9. The number of rotatable bonds is 11. The van der Waals surface area contributed by atoms with Crippen LogP contribution >= 0.6 is 11.6 Å². The normalized spacial score (nSPS) is 14.4. The van der Waals surface area contributed by atoms with Crippen LogP contribution in [0.4, 0.5) is 11.6 Å². The van der Waals surface area contributed by atoms with Crippen LogP contribution in [0, 0.1) is 11.3 Å². The Hall–Kier alpha value is -4.96. The molecule has 0 radical (unpaired) electrons. The zero-order valence-corrected chi connectivity index (χ0v) is 29.4. The lowest BCUT2D eigenvalue weighted by Crippen LogP contribution is -2.53. The summed E-state index contributed by atoms with van der Waals surface area (Å²) in [5.41, 5.74) is 1.95. The molecule has 3 heterocycles. The molecule has 0 aliphatic carbocycles. The van der Waals surface area contributed by atoms with Crippen LogP contribution in [0.15, 0.2) is 65.1 Å². The van der Waals surface area contributed by atoms with E-state index in [0.29, 0.717) is 51.7 Å². The third kappa shape index (κ3) is 7.86. The van der Waals surface area contributed by atoms with Crippen molar-refractivity contribution in [3.8, 4) is 28.7 Å². The van der Waals surface area contributed by atoms with Crippen molar-refractivity contribution in [3.63, 3.8) is 0 Å². The molecule has 1 aliphatic rings. The topological polar surface area (TPSA) is 138 Å². The van der Waals surface area contributed by atoms with E-state index in [1.54, 1.807) is 48.2 Å². The van der Waals surface area contributed by atoms with Crippen LogP contribution in [0.2, 0.25) is 5.02 Å². The number of nitriles is 1. The molecule has 0 saturated carbocycles. The fourth-order valence-electron chi connectivity index (χ4n) is 5.93. The predicted octanol–water partition coefficient (Wildman–Crippen LogP) is 4.83. The number of nitrogens with zero attached hydrogens (tertiary/aromatic N) is 6. The summed E-state index contributed by atoms with van der Waals surface area (Å²) in [7, 11) is 6.83. The standard InChI is InChI=1S/C36H41ClN8O4/c1-36(2,44-14-12-43(4)13-15-44)20-25(21-38)33(46)41-26-9-7-8-23(16-26)10-11-45-32-24(22-40-35(39-3)42-32)17-29(34(45)47)28-18-27(48-5)19-30(49-6)31(28)37/h7-9,16-20,22H,10-15H2,1-6H3,(H,41,46)(H,39,40,42). The van der Waals surface area contributed by atoms with Crippen molar-refractivity contribution < 1.29 is 14.3 Å². The Morgan fingerprint density at radius 1 is 1.10 bits per heavy atom. The number of nitrogens with one attached hydrogen (secondary N) is 2. The largest absolute Gasteiger partial charge is 0.497 e. The third-order valence-electron chi connectivity index (χ3n) is 8.80. The number of aryl methyl sites for hydroxylation is 2. The van der Waals surface area contributed by atoms with Crippen molar-refractivity contribution in [3.05, 3.63) is 81.3 Å². The molecule has 5 rings (SSSR count). The van der Waals surface area contributed by atoms with E-state index in [4.69, 9.17) is 21.1 Å². The van der Waals surface area contributed by atoms with E-state index in [-0.39, 0.29) is 22.7 Å². The fraction of sp³-hybridized carbons (Fsp3) is 0.361. The van der Waals surface area contributed by atoms with Gasteiger partial charge in [-0.1, -0.05) is 23.7 Å². The van der Waals surface area contributed by atoms with Crippen LogP contribution in [0.25, 0.3) is 22.2 Å². The maximum atomic E-state index is 14.2. The molecule has 2 aromatic carbocycles. The number of ether oxygens (including phenoxy) is 2. The minimum Gasteiger partial charge on any atom is -0.497 e. The zero-order chi connectivity index (χ0) is 35.3. The van der Waals surface area contributed by atoms with Crippen molar-refractivity contribution in [2.75, 3.05) is 65.1 Å². The Morgan fingerprint density at radius 2 is 1.86 bits per heavy atom. The van der Waals surface area contributed by atoms with Gasteiger partial charge in [-0.25, -0.2) is 4.98 Å². The predicted molar refractivity (Wildman–Crippen MR) is 193 cm³/mol. The van der Waals surface area contributed by atoms with Crippen LogP contribution in [-0.4, -0.2) is 90.3 Å². The van der Waals surface area contributed by atoms with Crippen molar-refractivity contribution >= 4 is 40.2 Å². The molecule has 12 nitrogen and oxygen atoms in total. The Labute approximate surface area is 290 Å². The van der Waals surface area contributed by atoms with Gasteiger partial charge in [-0.05, 0) is 63.2 Å². The number of benzene rings is 2. The monoisotopic (exact) mass is 684 g/mol. The van der Waals surface area contributed by atoms with Gasteiger partial charge in [0.2, 0.25) is 5.95 Å². The Bertz CT molecular complexity index is 1990. The number of halogens is 1. The number of hydrogen-bond donors (Lipinski definition) is 2. The second-order valence-corrected chi connectivity index (χ2v) is 12.8. The lowest BCUT2D eigenvalue weighted by atomic mass is 9.97. The van der Waals surface area contributed by atoms with Gasteiger partial charge in [0.25, 0.3) is 11.5 Å². The Morgan fingerprint density at radius 3 is 2.53 bits per heavy atom. The van der Waals surface area contributed by atoms with Gasteiger partial charge in [-0.15, -0.1) is 0 Å². The van der Waals surface area contributed by atoms with E-state index in [2.05, 4.69) is 43.5 Å². The zero-order valence-electron chi connectivity index (χ0n) is 28.6. The number of piperazine rings is 1. The number of carbonyl (C=O) groups is 1. The van der Waals surface area contributed by atoms with Crippen molar-refractivity contribution in [2.24, 2.45) is 0 Å². The number of pyridine rings is 1. The number of amides is 1. The molecule has 1 aliphatic heterocycles. The summed E-state index contributed by atoms with van der Waals surface area (Å²) in [6.45, 7) is 7.87.